The third kappa shape index (κ3) is 3.61. The molecule has 22 heavy (non-hydrogen) atoms. The van der Waals surface area contributed by atoms with E-state index in [4.69, 9.17) is 22.4 Å². The van der Waals surface area contributed by atoms with Gasteiger partial charge < -0.3 is 15.1 Å². The molecular formula is C15H12BrNO4S. The van der Waals surface area contributed by atoms with Gasteiger partial charge in [-0.05, 0) is 16.8 Å². The van der Waals surface area contributed by atoms with E-state index < -0.39 is 25.0 Å². The van der Waals surface area contributed by atoms with Crippen molar-refractivity contribution in [2.75, 3.05) is 13.1 Å². The van der Waals surface area contributed by atoms with E-state index in [0.29, 0.717) is 5.56 Å². The van der Waals surface area contributed by atoms with Gasteiger partial charge >= 0.3 is 11.9 Å². The van der Waals surface area contributed by atoms with Crippen molar-refractivity contribution in [3.05, 3.63) is 46.4 Å². The van der Waals surface area contributed by atoms with E-state index in [1.807, 2.05) is 24.3 Å². The van der Waals surface area contributed by atoms with Gasteiger partial charge in [-0.2, -0.15) is 0 Å². The van der Waals surface area contributed by atoms with E-state index in [-0.39, 0.29) is 4.99 Å². The van der Waals surface area contributed by atoms with Gasteiger partial charge in [-0.25, -0.2) is 0 Å². The quantitative estimate of drug-likeness (QED) is 0.775. The van der Waals surface area contributed by atoms with Crippen LogP contribution in [0.15, 0.2) is 40.9 Å². The molecule has 0 aliphatic rings. The first kappa shape index (κ1) is 16.4. The number of hydrogen-bond acceptors (Lipinski definition) is 3. The Balaban J connectivity index is 2.48. The Bertz CT molecular complexity index is 746. The van der Waals surface area contributed by atoms with Crippen LogP contribution in [0.1, 0.15) is 5.56 Å². The van der Waals surface area contributed by atoms with Crippen LogP contribution in [0.5, 0.6) is 0 Å². The first-order valence-corrected chi connectivity index (χ1v) is 7.50. The topological polar surface area (TPSA) is 77.8 Å². The highest BCUT2D eigenvalue weighted by atomic mass is 79.9. The number of benzene rings is 2. The predicted octanol–water partition coefficient (Wildman–Crippen LogP) is 2.75. The average molecular weight is 382 g/mol. The summed E-state index contributed by atoms with van der Waals surface area (Å²) in [6.07, 6.45) is 0. The number of hydrogen-bond donors (Lipinski definition) is 2. The van der Waals surface area contributed by atoms with Gasteiger partial charge in [-0.1, -0.05) is 58.5 Å². The molecule has 0 bridgehead atoms. The van der Waals surface area contributed by atoms with Crippen molar-refractivity contribution in [3.8, 4) is 0 Å². The highest BCUT2D eigenvalue weighted by molar-refractivity contribution is 9.10. The minimum absolute atomic E-state index is 0.202. The number of aliphatic carboxylic acids is 2. The molecule has 0 aliphatic carbocycles. The molecule has 114 valence electrons. The van der Waals surface area contributed by atoms with Crippen LogP contribution in [-0.2, 0) is 9.59 Å². The van der Waals surface area contributed by atoms with Crippen LogP contribution >= 0.6 is 28.1 Å². The van der Waals surface area contributed by atoms with E-state index in [1.165, 1.54) is 0 Å². The Labute approximate surface area is 140 Å². The van der Waals surface area contributed by atoms with Crippen LogP contribution in [-0.4, -0.2) is 45.1 Å². The molecule has 2 N–H and O–H groups in total. The number of nitrogens with zero attached hydrogens (tertiary/aromatic N) is 1. The molecule has 0 fully saturated rings. The predicted molar refractivity (Wildman–Crippen MR) is 90.2 cm³/mol. The zero-order valence-electron chi connectivity index (χ0n) is 11.3. The normalized spacial score (nSPS) is 10.4. The third-order valence-corrected chi connectivity index (χ3v) is 4.21. The number of carbonyl (C=O) groups is 2. The van der Waals surface area contributed by atoms with Crippen LogP contribution in [0.2, 0.25) is 0 Å². The lowest BCUT2D eigenvalue weighted by molar-refractivity contribution is -0.139. The lowest BCUT2D eigenvalue weighted by atomic mass is 10.0. The summed E-state index contributed by atoms with van der Waals surface area (Å²) in [7, 11) is 0. The largest absolute Gasteiger partial charge is 0.480 e. The second-order valence-electron chi connectivity index (χ2n) is 4.59. The minimum atomic E-state index is -1.13. The van der Waals surface area contributed by atoms with Crippen molar-refractivity contribution in [1.82, 2.24) is 4.90 Å². The summed E-state index contributed by atoms with van der Waals surface area (Å²) in [6.45, 7) is -0.926. The van der Waals surface area contributed by atoms with Crippen LogP contribution in [0.4, 0.5) is 0 Å². The fourth-order valence-corrected chi connectivity index (χ4v) is 2.96. The molecule has 0 atom stereocenters. The number of carboxylic acid groups (broad SMARTS) is 2. The minimum Gasteiger partial charge on any atom is -0.480 e. The Morgan fingerprint density at radius 2 is 1.55 bits per heavy atom. The molecule has 0 saturated carbocycles. The van der Waals surface area contributed by atoms with Gasteiger partial charge in [0.05, 0.1) is 0 Å². The number of carboxylic acids is 2. The number of rotatable bonds is 5. The molecule has 0 amide bonds. The monoisotopic (exact) mass is 381 g/mol. The zero-order chi connectivity index (χ0) is 16.3. The molecule has 0 heterocycles. The lowest BCUT2D eigenvalue weighted by Gasteiger charge is -2.22. The molecule has 0 aromatic heterocycles. The molecule has 0 saturated heterocycles. The third-order valence-electron chi connectivity index (χ3n) is 3.04. The molecule has 0 radical (unpaired) electrons. The van der Waals surface area contributed by atoms with E-state index >= 15 is 0 Å². The van der Waals surface area contributed by atoms with Gasteiger partial charge in [0, 0.05) is 10.0 Å². The standard InChI is InChI=1S/C15H12BrNO4S/c16-12-6-2-3-9-10(12)4-1-5-11(9)15(22)17(7-13(18)19)8-14(20)21/h1-6H,7-8H2,(H,18,19)(H,20,21). The first-order valence-electron chi connectivity index (χ1n) is 6.30. The summed E-state index contributed by atoms with van der Waals surface area (Å²) in [5.41, 5.74) is 0.635. The molecule has 0 unspecified atom stereocenters. The fourth-order valence-electron chi connectivity index (χ4n) is 2.15. The molecule has 2 aromatic carbocycles. The highest BCUT2D eigenvalue weighted by Gasteiger charge is 2.19. The van der Waals surface area contributed by atoms with Crippen molar-refractivity contribution in [2.45, 2.75) is 0 Å². The molecule has 0 aliphatic heterocycles. The Morgan fingerprint density at radius 1 is 1.00 bits per heavy atom. The number of halogens is 1. The SMILES string of the molecule is O=C(O)CN(CC(=O)O)C(=S)c1cccc2c(Br)cccc12. The Morgan fingerprint density at radius 3 is 2.14 bits per heavy atom. The van der Waals surface area contributed by atoms with Crippen LogP contribution in [0.25, 0.3) is 10.8 Å². The van der Waals surface area contributed by atoms with Crippen molar-refractivity contribution in [3.63, 3.8) is 0 Å². The molecule has 0 spiro atoms. The summed E-state index contributed by atoms with van der Waals surface area (Å²) < 4.78 is 0.887. The van der Waals surface area contributed by atoms with E-state index in [2.05, 4.69) is 15.9 Å². The van der Waals surface area contributed by atoms with Gasteiger partial charge in [0.25, 0.3) is 0 Å². The van der Waals surface area contributed by atoms with Crippen LogP contribution in [0, 0.1) is 0 Å². The second kappa shape index (κ2) is 6.85. The summed E-state index contributed by atoms with van der Waals surface area (Å²) in [6, 6.07) is 11.1. The van der Waals surface area contributed by atoms with Gasteiger partial charge in [-0.15, -0.1) is 0 Å². The van der Waals surface area contributed by atoms with Crippen molar-refractivity contribution < 1.29 is 19.8 Å². The van der Waals surface area contributed by atoms with Crippen molar-refractivity contribution in [2.24, 2.45) is 0 Å². The second-order valence-corrected chi connectivity index (χ2v) is 5.83. The molecule has 2 rings (SSSR count). The van der Waals surface area contributed by atoms with Gasteiger partial charge in [0.15, 0.2) is 0 Å². The number of thiocarbonyl (C=S) groups is 1. The molecule has 5 nitrogen and oxygen atoms in total. The molecule has 2 aromatic rings. The smallest absolute Gasteiger partial charge is 0.323 e. The average Bonchev–Trinajstić information content (AvgIpc) is 2.45. The Hall–Kier alpha value is -1.99. The lowest BCUT2D eigenvalue weighted by Crippen LogP contribution is -2.38. The Kier molecular flexibility index (Phi) is 5.10. The summed E-state index contributed by atoms with van der Waals surface area (Å²) in [5, 5.41) is 19.7. The van der Waals surface area contributed by atoms with Crippen molar-refractivity contribution >= 4 is 55.8 Å². The summed E-state index contributed by atoms with van der Waals surface area (Å²) >= 11 is 8.79. The van der Waals surface area contributed by atoms with Gasteiger partial charge in [0.2, 0.25) is 0 Å². The fraction of sp³-hybridized carbons (Fsp3) is 0.133. The van der Waals surface area contributed by atoms with Crippen LogP contribution < -0.4 is 0 Å². The van der Waals surface area contributed by atoms with Crippen molar-refractivity contribution in [1.29, 1.82) is 0 Å². The van der Waals surface area contributed by atoms with Gasteiger partial charge in [-0.3, -0.25) is 9.59 Å². The summed E-state index contributed by atoms with van der Waals surface area (Å²) in [4.78, 5) is 23.3. The zero-order valence-corrected chi connectivity index (χ0v) is 13.7. The van der Waals surface area contributed by atoms with E-state index in [0.717, 1.165) is 20.1 Å². The van der Waals surface area contributed by atoms with E-state index in [9.17, 15) is 9.59 Å². The molecule has 7 heteroatoms. The maximum atomic E-state index is 10.9. The first-order chi connectivity index (χ1) is 10.4. The maximum absolute atomic E-state index is 10.9. The summed E-state index contributed by atoms with van der Waals surface area (Å²) in [5.74, 6) is -2.27. The number of fused-ring (bicyclic) bond motifs is 1. The molecular weight excluding hydrogens is 370 g/mol. The maximum Gasteiger partial charge on any atom is 0.323 e. The van der Waals surface area contributed by atoms with Gasteiger partial charge in [0.1, 0.15) is 18.1 Å². The highest BCUT2D eigenvalue weighted by Crippen LogP contribution is 2.27. The van der Waals surface area contributed by atoms with E-state index in [1.54, 1.807) is 12.1 Å². The van der Waals surface area contributed by atoms with Crippen LogP contribution in [0.3, 0.4) is 0 Å².